The molecular formula is C13H19N2O2+. The quantitative estimate of drug-likeness (QED) is 0.795. The summed E-state index contributed by atoms with van der Waals surface area (Å²) >= 11 is 0. The lowest BCUT2D eigenvalue weighted by atomic mass is 9.99. The van der Waals surface area contributed by atoms with E-state index in [-0.39, 0.29) is 5.92 Å². The molecule has 0 radical (unpaired) electrons. The van der Waals surface area contributed by atoms with Crippen LogP contribution in [0.2, 0.25) is 0 Å². The average Bonchev–Trinajstić information content (AvgIpc) is 2.61. The molecule has 4 nitrogen and oxygen atoms in total. The number of hydrogen-bond acceptors (Lipinski definition) is 2. The fourth-order valence-corrected chi connectivity index (χ4v) is 2.19. The topological polar surface area (TPSA) is 43.5 Å². The zero-order chi connectivity index (χ0) is 12.6. The molecule has 17 heavy (non-hydrogen) atoms. The number of aliphatic hydroxyl groups is 1. The Hall–Kier alpha value is -1.42. The van der Waals surface area contributed by atoms with E-state index >= 15 is 0 Å². The van der Waals surface area contributed by atoms with E-state index in [9.17, 15) is 10.0 Å². The lowest BCUT2D eigenvalue weighted by Crippen LogP contribution is -2.45. The molecule has 1 aliphatic heterocycles. The van der Waals surface area contributed by atoms with Crippen LogP contribution in [0.15, 0.2) is 24.3 Å². The first kappa shape index (κ1) is 12.0. The maximum atomic E-state index is 11.8. The number of nitrogens with zero attached hydrogens (tertiary/aromatic N) is 2. The Kier molecular flexibility index (Phi) is 2.91. The lowest BCUT2D eigenvalue weighted by Gasteiger charge is -2.22. The molecule has 1 heterocycles. The first-order valence-corrected chi connectivity index (χ1v) is 5.89. The van der Waals surface area contributed by atoms with Crippen LogP contribution in [-0.2, 0) is 0 Å². The second kappa shape index (κ2) is 4.11. The molecule has 1 atom stereocenters. The van der Waals surface area contributed by atoms with Crippen LogP contribution in [-0.4, -0.2) is 33.8 Å². The van der Waals surface area contributed by atoms with Crippen molar-refractivity contribution in [1.29, 1.82) is 0 Å². The fraction of sp³-hybridized carbons (Fsp3) is 0.538. The monoisotopic (exact) mass is 235 g/mol. The molecule has 1 aliphatic rings. The summed E-state index contributed by atoms with van der Waals surface area (Å²) in [6, 6.07) is 8.22. The van der Waals surface area contributed by atoms with Gasteiger partial charge in [-0.3, -0.25) is 0 Å². The van der Waals surface area contributed by atoms with E-state index < -0.39 is 5.72 Å². The predicted molar refractivity (Wildman–Crippen MR) is 65.4 cm³/mol. The minimum absolute atomic E-state index is 0.166. The van der Waals surface area contributed by atoms with Crippen molar-refractivity contribution in [2.75, 3.05) is 13.1 Å². The molecule has 1 N–H and O–H groups in total. The van der Waals surface area contributed by atoms with Gasteiger partial charge in [0.05, 0.1) is 17.4 Å². The second-order valence-electron chi connectivity index (χ2n) is 5.22. The summed E-state index contributed by atoms with van der Waals surface area (Å²) < 4.78 is 0. The highest BCUT2D eigenvalue weighted by molar-refractivity contribution is 5.25. The highest BCUT2D eigenvalue weighted by Crippen LogP contribution is 2.27. The third-order valence-corrected chi connectivity index (χ3v) is 3.22. The Morgan fingerprint density at radius 3 is 2.41 bits per heavy atom. The van der Waals surface area contributed by atoms with Gasteiger partial charge in [0, 0.05) is 0 Å². The van der Waals surface area contributed by atoms with Crippen molar-refractivity contribution in [1.82, 2.24) is 5.01 Å². The Balaban J connectivity index is 2.17. The number of aryl methyl sites for hydroxylation is 1. The predicted octanol–water partition coefficient (Wildman–Crippen LogP) is 1.82. The standard InChI is InChI=1S/C13H19N2O2/c1-10-4-6-11(7-5-10)12-8-14(13(2,3)16)15(17)9-12/h4-7,12,16H,8-9H2,1-3H3/q+1. The smallest absolute Gasteiger partial charge is 0.234 e. The summed E-state index contributed by atoms with van der Waals surface area (Å²) in [5.41, 5.74) is 1.27. The summed E-state index contributed by atoms with van der Waals surface area (Å²) in [4.78, 5) is 12.6. The maximum Gasteiger partial charge on any atom is 0.234 e. The lowest BCUT2D eigenvalue weighted by molar-refractivity contribution is -0.712. The Labute approximate surface area is 101 Å². The molecule has 0 amide bonds. The Morgan fingerprint density at radius 1 is 1.35 bits per heavy atom. The minimum atomic E-state index is -1.10. The number of rotatable bonds is 2. The van der Waals surface area contributed by atoms with Crippen LogP contribution in [0.5, 0.6) is 0 Å². The van der Waals surface area contributed by atoms with Gasteiger partial charge in [0.2, 0.25) is 6.54 Å². The van der Waals surface area contributed by atoms with Gasteiger partial charge in [0.1, 0.15) is 4.87 Å². The highest BCUT2D eigenvalue weighted by atomic mass is 16.4. The van der Waals surface area contributed by atoms with Crippen LogP contribution < -0.4 is 0 Å². The number of benzene rings is 1. The minimum Gasteiger partial charge on any atom is -0.367 e. The van der Waals surface area contributed by atoms with Crippen molar-refractivity contribution in [2.24, 2.45) is 0 Å². The zero-order valence-electron chi connectivity index (χ0n) is 10.6. The molecule has 0 spiro atoms. The van der Waals surface area contributed by atoms with Crippen molar-refractivity contribution in [3.05, 3.63) is 40.3 Å². The van der Waals surface area contributed by atoms with Crippen LogP contribution in [0.4, 0.5) is 0 Å². The molecular weight excluding hydrogens is 216 g/mol. The molecule has 4 heteroatoms. The Bertz CT molecular complexity index is 420. The van der Waals surface area contributed by atoms with Crippen molar-refractivity contribution in [2.45, 2.75) is 32.4 Å². The first-order chi connectivity index (χ1) is 7.88. The average molecular weight is 235 g/mol. The first-order valence-electron chi connectivity index (χ1n) is 5.89. The van der Waals surface area contributed by atoms with Crippen molar-refractivity contribution in [3.63, 3.8) is 0 Å². The SMILES string of the molecule is Cc1ccc(C2CN(C(C)(C)O)[N+](=O)C2)cc1. The van der Waals surface area contributed by atoms with E-state index in [1.54, 1.807) is 13.8 Å². The largest absolute Gasteiger partial charge is 0.367 e. The number of hydrogen-bond donors (Lipinski definition) is 1. The molecule has 2 rings (SSSR count). The van der Waals surface area contributed by atoms with Gasteiger partial charge in [0.15, 0.2) is 5.72 Å². The third kappa shape index (κ3) is 2.47. The molecule has 0 aliphatic carbocycles. The van der Waals surface area contributed by atoms with Crippen LogP contribution in [0.25, 0.3) is 0 Å². The highest BCUT2D eigenvalue weighted by Gasteiger charge is 2.45. The van der Waals surface area contributed by atoms with Gasteiger partial charge in [-0.15, -0.1) is 5.01 Å². The summed E-state index contributed by atoms with van der Waals surface area (Å²) in [5.74, 6) is 0.166. The van der Waals surface area contributed by atoms with E-state index in [0.717, 1.165) is 10.4 Å². The van der Waals surface area contributed by atoms with E-state index in [4.69, 9.17) is 0 Å². The Morgan fingerprint density at radius 2 is 1.94 bits per heavy atom. The van der Waals surface area contributed by atoms with Crippen molar-refractivity contribution >= 4 is 0 Å². The van der Waals surface area contributed by atoms with Gasteiger partial charge < -0.3 is 5.11 Å². The molecule has 1 saturated heterocycles. The molecule has 1 aromatic rings. The van der Waals surface area contributed by atoms with E-state index in [2.05, 4.69) is 24.3 Å². The third-order valence-electron chi connectivity index (χ3n) is 3.22. The summed E-state index contributed by atoms with van der Waals surface area (Å²) in [6.45, 7) is 6.29. The van der Waals surface area contributed by atoms with Gasteiger partial charge in [-0.1, -0.05) is 29.8 Å². The molecule has 0 aromatic heterocycles. The molecule has 1 fully saturated rings. The van der Waals surface area contributed by atoms with E-state index in [1.165, 1.54) is 10.6 Å². The molecule has 92 valence electrons. The van der Waals surface area contributed by atoms with E-state index in [1.807, 2.05) is 6.92 Å². The van der Waals surface area contributed by atoms with Gasteiger partial charge in [-0.05, 0) is 26.3 Å². The van der Waals surface area contributed by atoms with Crippen LogP contribution >= 0.6 is 0 Å². The van der Waals surface area contributed by atoms with Gasteiger partial charge in [-0.2, -0.15) is 0 Å². The van der Waals surface area contributed by atoms with Crippen LogP contribution in [0, 0.1) is 11.8 Å². The van der Waals surface area contributed by atoms with Crippen LogP contribution in [0.3, 0.4) is 0 Å². The summed E-state index contributed by atoms with van der Waals surface area (Å²) in [5, 5.41) is 11.4. The molecule has 1 aromatic carbocycles. The zero-order valence-corrected chi connectivity index (χ0v) is 10.6. The van der Waals surface area contributed by atoms with Gasteiger partial charge >= 0.3 is 0 Å². The van der Waals surface area contributed by atoms with Crippen molar-refractivity contribution in [3.8, 4) is 0 Å². The molecule has 0 saturated carbocycles. The van der Waals surface area contributed by atoms with Crippen molar-refractivity contribution < 1.29 is 9.98 Å². The molecule has 0 bridgehead atoms. The summed E-state index contributed by atoms with van der Waals surface area (Å²) in [6.07, 6.45) is 0. The van der Waals surface area contributed by atoms with Crippen LogP contribution in [0.1, 0.15) is 30.9 Å². The second-order valence-corrected chi connectivity index (χ2v) is 5.22. The summed E-state index contributed by atoms with van der Waals surface area (Å²) in [7, 11) is 0. The number of nitroso groups, excluding NO2 is 1. The number of hydrazine groups is 1. The molecule has 1 unspecified atom stereocenters. The normalized spacial score (nSPS) is 21.1. The fourth-order valence-electron chi connectivity index (χ4n) is 2.19. The maximum absolute atomic E-state index is 11.8. The van der Waals surface area contributed by atoms with Gasteiger partial charge in [0.25, 0.3) is 0 Å². The van der Waals surface area contributed by atoms with Gasteiger partial charge in [-0.25, -0.2) is 0 Å². The van der Waals surface area contributed by atoms with E-state index in [0.29, 0.717) is 13.1 Å².